The van der Waals surface area contributed by atoms with E-state index in [4.69, 9.17) is 25.8 Å². The van der Waals surface area contributed by atoms with Crippen molar-refractivity contribution < 1.29 is 40.6 Å². The van der Waals surface area contributed by atoms with Crippen molar-refractivity contribution in [3.8, 4) is 5.75 Å². The molecule has 1 saturated heterocycles. The monoisotopic (exact) mass is 779 g/mol. The predicted octanol–water partition coefficient (Wildman–Crippen LogP) is 6.53. The minimum absolute atomic E-state index is 0.0348. The van der Waals surface area contributed by atoms with E-state index >= 15 is 0 Å². The third-order valence-corrected chi connectivity index (χ3v) is 14.1. The van der Waals surface area contributed by atoms with E-state index in [1.165, 1.54) is 24.1 Å². The molecule has 1 saturated carbocycles. The number of allylic oxidation sites excluding steroid dienone is 1. The average molecular weight is 780 g/mol. The summed E-state index contributed by atoms with van der Waals surface area (Å²) in [6.45, 7) is 7.39. The number of amides is 1. The van der Waals surface area contributed by atoms with Gasteiger partial charge < -0.3 is 19.1 Å². The molecule has 53 heavy (non-hydrogen) atoms. The number of sulfonamides is 1. The van der Waals surface area contributed by atoms with E-state index < -0.39 is 39.7 Å². The SMILES string of the molecule is C[C@H]1C/C=C\[C@@H](OCCN2CCOCC2)[C@@H]2CC[C@H]2CN2C[C@@]3(CCCc4cc(Cl)ccc43)COc3ccc(cc32)C(=O)NS(=O)(=O)[C@@H]1CC(F)(F)F. The summed E-state index contributed by atoms with van der Waals surface area (Å²) in [6.07, 6.45) is 1.79. The first kappa shape index (κ1) is 38.4. The van der Waals surface area contributed by atoms with Crippen molar-refractivity contribution in [1.82, 2.24) is 9.62 Å². The zero-order valence-electron chi connectivity index (χ0n) is 30.1. The molecule has 0 unspecified atom stereocenters. The first-order valence-corrected chi connectivity index (χ1v) is 20.7. The predicted molar refractivity (Wildman–Crippen MR) is 197 cm³/mol. The highest BCUT2D eigenvalue weighted by Gasteiger charge is 2.46. The molecule has 14 heteroatoms. The van der Waals surface area contributed by atoms with E-state index in [1.54, 1.807) is 18.2 Å². The summed E-state index contributed by atoms with van der Waals surface area (Å²) in [7, 11) is -4.74. The van der Waals surface area contributed by atoms with Crippen molar-refractivity contribution in [1.29, 1.82) is 0 Å². The Hall–Kier alpha value is -2.84. The topological polar surface area (TPSA) is 97.4 Å². The normalized spacial score (nSPS) is 31.3. The highest BCUT2D eigenvalue weighted by molar-refractivity contribution is 7.90. The number of halogens is 4. The van der Waals surface area contributed by atoms with Crippen molar-refractivity contribution in [2.24, 2.45) is 17.8 Å². The number of nitrogens with one attached hydrogen (secondary N) is 1. The van der Waals surface area contributed by atoms with E-state index in [9.17, 15) is 26.4 Å². The van der Waals surface area contributed by atoms with Gasteiger partial charge in [-0.05, 0) is 97.7 Å². The number of nitrogens with zero attached hydrogens (tertiary/aromatic N) is 2. The molecule has 1 spiro atoms. The Bertz CT molecular complexity index is 1790. The van der Waals surface area contributed by atoms with Gasteiger partial charge in [-0.3, -0.25) is 9.69 Å². The van der Waals surface area contributed by atoms with Gasteiger partial charge in [0.15, 0.2) is 0 Å². The van der Waals surface area contributed by atoms with Crippen LogP contribution in [0.15, 0.2) is 48.6 Å². The first-order valence-electron chi connectivity index (χ1n) is 18.8. The summed E-state index contributed by atoms with van der Waals surface area (Å²) in [4.78, 5) is 18.2. The van der Waals surface area contributed by atoms with E-state index in [1.807, 2.05) is 22.9 Å². The average Bonchev–Trinajstić information content (AvgIpc) is 3.25. The van der Waals surface area contributed by atoms with E-state index in [2.05, 4.69) is 15.9 Å². The van der Waals surface area contributed by atoms with Crippen molar-refractivity contribution in [3.05, 3.63) is 70.3 Å². The Balaban J connectivity index is 1.25. The highest BCUT2D eigenvalue weighted by atomic mass is 35.5. The van der Waals surface area contributed by atoms with Crippen LogP contribution in [-0.2, 0) is 31.3 Å². The lowest BCUT2D eigenvalue weighted by Gasteiger charge is -2.46. The molecule has 7 rings (SSSR count). The van der Waals surface area contributed by atoms with Gasteiger partial charge in [-0.1, -0.05) is 36.7 Å². The lowest BCUT2D eigenvalue weighted by Crippen LogP contribution is -2.50. The second-order valence-electron chi connectivity index (χ2n) is 15.6. The molecular weight excluding hydrogens is 731 g/mol. The molecule has 1 amide bonds. The Morgan fingerprint density at radius 2 is 1.92 bits per heavy atom. The van der Waals surface area contributed by atoms with Gasteiger partial charge in [0, 0.05) is 48.7 Å². The Morgan fingerprint density at radius 1 is 1.11 bits per heavy atom. The molecule has 6 atom stereocenters. The van der Waals surface area contributed by atoms with Crippen LogP contribution in [0.3, 0.4) is 0 Å². The van der Waals surface area contributed by atoms with Gasteiger partial charge in [0.1, 0.15) is 5.75 Å². The first-order chi connectivity index (χ1) is 25.3. The fraction of sp³-hybridized carbons (Fsp3) is 0.615. The minimum atomic E-state index is -4.76. The van der Waals surface area contributed by atoms with Gasteiger partial charge in [0.05, 0.1) is 49.9 Å². The maximum atomic E-state index is 13.8. The van der Waals surface area contributed by atoms with Crippen molar-refractivity contribution in [2.45, 2.75) is 74.8 Å². The van der Waals surface area contributed by atoms with Crippen LogP contribution in [0.5, 0.6) is 5.75 Å². The van der Waals surface area contributed by atoms with Crippen molar-refractivity contribution in [2.75, 3.05) is 64.1 Å². The number of hydrogen-bond donors (Lipinski definition) is 1. The lowest BCUT2D eigenvalue weighted by atomic mass is 9.68. The number of aryl methyl sites for hydroxylation is 1. The third-order valence-electron chi connectivity index (χ3n) is 12.0. The second-order valence-corrected chi connectivity index (χ2v) is 17.9. The van der Waals surface area contributed by atoms with Crippen LogP contribution in [0.2, 0.25) is 5.02 Å². The van der Waals surface area contributed by atoms with Crippen LogP contribution < -0.4 is 14.4 Å². The third kappa shape index (κ3) is 8.69. The molecule has 0 radical (unpaired) electrons. The van der Waals surface area contributed by atoms with Crippen molar-refractivity contribution in [3.63, 3.8) is 0 Å². The number of carbonyl (C=O) groups excluding carboxylic acids is 1. The summed E-state index contributed by atoms with van der Waals surface area (Å²) in [5.41, 5.74) is 2.72. The summed E-state index contributed by atoms with van der Waals surface area (Å²) in [5, 5.41) is -1.19. The number of rotatable bonds is 5. The number of fused-ring (bicyclic) bond motifs is 4. The van der Waals surface area contributed by atoms with E-state index in [0.29, 0.717) is 56.0 Å². The quantitative estimate of drug-likeness (QED) is 0.343. The maximum Gasteiger partial charge on any atom is 0.390 e. The molecular formula is C39H49ClF3N3O6S. The Kier molecular flexibility index (Phi) is 11.4. The highest BCUT2D eigenvalue weighted by Crippen LogP contribution is 2.47. The molecule has 1 N–H and O–H groups in total. The van der Waals surface area contributed by atoms with E-state index in [-0.39, 0.29) is 35.3 Å². The summed E-state index contributed by atoms with van der Waals surface area (Å²) >= 11 is 6.44. The zero-order valence-corrected chi connectivity index (χ0v) is 31.7. The molecule has 3 aliphatic heterocycles. The van der Waals surface area contributed by atoms with Gasteiger partial charge in [-0.2, -0.15) is 13.2 Å². The maximum absolute atomic E-state index is 13.8. The molecule has 2 bridgehead atoms. The minimum Gasteiger partial charge on any atom is -0.490 e. The van der Waals surface area contributed by atoms with Gasteiger partial charge in [0.2, 0.25) is 10.0 Å². The Labute approximate surface area is 315 Å². The van der Waals surface area contributed by atoms with Gasteiger partial charge in [-0.25, -0.2) is 13.1 Å². The van der Waals surface area contributed by atoms with Crippen molar-refractivity contribution >= 4 is 33.2 Å². The number of alkyl halides is 3. The largest absolute Gasteiger partial charge is 0.490 e. The fourth-order valence-corrected chi connectivity index (χ4v) is 10.8. The number of anilines is 1. The molecule has 5 aliphatic rings. The van der Waals surface area contributed by atoms with Crippen LogP contribution >= 0.6 is 11.6 Å². The van der Waals surface area contributed by atoms with Crippen LogP contribution in [0.25, 0.3) is 0 Å². The van der Waals surface area contributed by atoms with Crippen LogP contribution in [0.1, 0.15) is 66.9 Å². The summed E-state index contributed by atoms with van der Waals surface area (Å²) in [6, 6.07) is 10.8. The standard InChI is InChI=1S/C39H49ClF3N3O6S/c1-26-4-2-6-34(51-19-16-45-14-17-50-18-15-45)31-10-7-29(31)23-46-24-38(13-3-5-27-20-30(40)9-11-32(27)38)25-52-35-12-8-28(21-33(35)46)37(47)44-53(48,49)36(26)22-39(41,42)43/h2,6,8-9,11-12,20-21,26,29,31,34,36H,3-5,7,10,13-19,22-25H2,1H3,(H,44,47)/b6-2-/t26-,29-,31+,34+,36+,38-/m0/s1. The molecule has 9 nitrogen and oxygen atoms in total. The lowest BCUT2D eigenvalue weighted by molar-refractivity contribution is -0.136. The second kappa shape index (κ2) is 15.7. The fourth-order valence-electron chi connectivity index (χ4n) is 8.94. The number of ether oxygens (including phenoxy) is 3. The summed E-state index contributed by atoms with van der Waals surface area (Å²) in [5.74, 6) is -0.966. The van der Waals surface area contributed by atoms with Gasteiger partial charge in [0.25, 0.3) is 5.91 Å². The van der Waals surface area contributed by atoms with Gasteiger partial charge >= 0.3 is 6.18 Å². The molecule has 3 heterocycles. The zero-order chi connectivity index (χ0) is 37.4. The molecule has 2 aliphatic carbocycles. The molecule has 0 aromatic heterocycles. The number of morpholine rings is 1. The molecule has 2 aromatic carbocycles. The summed E-state index contributed by atoms with van der Waals surface area (Å²) < 4.78 is 89.4. The number of carbonyl (C=O) groups is 1. The van der Waals surface area contributed by atoms with Crippen LogP contribution in [0.4, 0.5) is 18.9 Å². The molecule has 290 valence electrons. The number of hydrogen-bond acceptors (Lipinski definition) is 8. The van der Waals surface area contributed by atoms with Crippen LogP contribution in [0, 0.1) is 17.8 Å². The van der Waals surface area contributed by atoms with Gasteiger partial charge in [-0.15, -0.1) is 0 Å². The smallest absolute Gasteiger partial charge is 0.390 e. The van der Waals surface area contributed by atoms with E-state index in [0.717, 1.165) is 51.7 Å². The molecule has 2 aromatic rings. The number of benzene rings is 2. The van der Waals surface area contributed by atoms with Crippen LogP contribution in [-0.4, -0.2) is 95.9 Å². The molecule has 2 fully saturated rings. The Morgan fingerprint density at radius 3 is 2.68 bits per heavy atom.